The summed E-state index contributed by atoms with van der Waals surface area (Å²) in [5.74, 6) is -3.90. The number of hydrogen-bond donors (Lipinski definition) is 2. The predicted molar refractivity (Wildman–Crippen MR) is 78.1 cm³/mol. The number of aromatic hydroxyl groups is 1. The summed E-state index contributed by atoms with van der Waals surface area (Å²) in [4.78, 5) is 23.4. The maximum absolute atomic E-state index is 13.6. The molecule has 7 heteroatoms. The maximum Gasteiger partial charge on any atom is 0.341 e. The van der Waals surface area contributed by atoms with Gasteiger partial charge < -0.3 is 14.8 Å². The van der Waals surface area contributed by atoms with Gasteiger partial charge in [0.2, 0.25) is 5.43 Å². The number of nitrogens with zero attached hydrogens (tertiary/aromatic N) is 1. The van der Waals surface area contributed by atoms with E-state index in [1.165, 1.54) is 28.8 Å². The molecule has 2 N–H and O–H groups in total. The van der Waals surface area contributed by atoms with E-state index in [2.05, 4.69) is 0 Å². The first-order valence-corrected chi connectivity index (χ1v) is 6.45. The van der Waals surface area contributed by atoms with E-state index >= 15 is 0 Å². The summed E-state index contributed by atoms with van der Waals surface area (Å²) in [5, 5.41) is 18.2. The van der Waals surface area contributed by atoms with Crippen molar-refractivity contribution in [2.75, 3.05) is 0 Å². The summed E-state index contributed by atoms with van der Waals surface area (Å²) in [5.41, 5.74) is -1.08. The second-order valence-corrected chi connectivity index (χ2v) is 4.85. The van der Waals surface area contributed by atoms with Crippen LogP contribution in [0.15, 0.2) is 47.4 Å². The summed E-state index contributed by atoms with van der Waals surface area (Å²) in [7, 11) is 0. The van der Waals surface area contributed by atoms with E-state index in [-0.39, 0.29) is 16.7 Å². The summed E-state index contributed by atoms with van der Waals surface area (Å²) in [6.07, 6.45) is 1.04. The number of carbonyl (C=O) groups is 1. The highest BCUT2D eigenvalue weighted by Gasteiger charge is 2.17. The van der Waals surface area contributed by atoms with Crippen molar-refractivity contribution < 1.29 is 23.8 Å². The minimum Gasteiger partial charge on any atom is -0.508 e. The molecular formula is C16H9F2NO4. The van der Waals surface area contributed by atoms with Crippen molar-refractivity contribution in [2.45, 2.75) is 0 Å². The number of rotatable bonds is 2. The van der Waals surface area contributed by atoms with Crippen LogP contribution in [0.25, 0.3) is 16.6 Å². The van der Waals surface area contributed by atoms with E-state index in [4.69, 9.17) is 5.11 Å². The third-order valence-corrected chi connectivity index (χ3v) is 3.40. The summed E-state index contributed by atoms with van der Waals surface area (Å²) >= 11 is 0. The number of fused-ring (bicyclic) bond motifs is 1. The van der Waals surface area contributed by atoms with Crippen molar-refractivity contribution in [1.29, 1.82) is 0 Å². The third-order valence-electron chi connectivity index (χ3n) is 3.40. The smallest absolute Gasteiger partial charge is 0.341 e. The Kier molecular flexibility index (Phi) is 3.33. The zero-order valence-corrected chi connectivity index (χ0v) is 11.5. The number of aromatic carboxylic acids is 1. The monoisotopic (exact) mass is 317 g/mol. The number of hydrogen-bond acceptors (Lipinski definition) is 3. The molecule has 5 nitrogen and oxygen atoms in total. The van der Waals surface area contributed by atoms with Crippen molar-refractivity contribution in [1.82, 2.24) is 4.57 Å². The Hall–Kier alpha value is -3.22. The molecular weight excluding hydrogens is 308 g/mol. The zero-order valence-electron chi connectivity index (χ0n) is 11.5. The van der Waals surface area contributed by atoms with Crippen LogP contribution in [0.4, 0.5) is 8.78 Å². The number of halogens is 2. The molecule has 0 atom stereocenters. The molecule has 0 aliphatic heterocycles. The van der Waals surface area contributed by atoms with E-state index in [9.17, 15) is 23.5 Å². The van der Waals surface area contributed by atoms with Crippen LogP contribution in [-0.4, -0.2) is 20.7 Å². The molecule has 0 bridgehead atoms. The van der Waals surface area contributed by atoms with E-state index in [1.54, 1.807) is 0 Å². The fraction of sp³-hybridized carbons (Fsp3) is 0. The Labute approximate surface area is 127 Å². The first-order chi connectivity index (χ1) is 10.9. The number of carboxylic acid groups (broad SMARTS) is 1. The largest absolute Gasteiger partial charge is 0.508 e. The molecule has 3 rings (SSSR count). The van der Waals surface area contributed by atoms with Gasteiger partial charge in [0.25, 0.3) is 0 Å². The van der Waals surface area contributed by atoms with Crippen molar-refractivity contribution in [3.05, 3.63) is 70.0 Å². The molecule has 23 heavy (non-hydrogen) atoms. The first-order valence-electron chi connectivity index (χ1n) is 6.45. The Bertz CT molecular complexity index is 994. The van der Waals surface area contributed by atoms with Gasteiger partial charge in [0.1, 0.15) is 11.3 Å². The lowest BCUT2D eigenvalue weighted by molar-refractivity contribution is 0.0695. The van der Waals surface area contributed by atoms with Gasteiger partial charge in [-0.1, -0.05) is 0 Å². The lowest BCUT2D eigenvalue weighted by Crippen LogP contribution is -2.18. The quantitative estimate of drug-likeness (QED) is 0.761. The zero-order chi connectivity index (χ0) is 16.7. The molecule has 1 aromatic heterocycles. The Morgan fingerprint density at radius 3 is 2.26 bits per heavy atom. The van der Waals surface area contributed by atoms with Crippen LogP contribution in [0.2, 0.25) is 0 Å². The summed E-state index contributed by atoms with van der Waals surface area (Å²) in [6.45, 7) is 0. The van der Waals surface area contributed by atoms with Gasteiger partial charge in [0, 0.05) is 18.0 Å². The fourth-order valence-electron chi connectivity index (χ4n) is 2.30. The SMILES string of the molecule is O=C(O)c1cn(-c2ccc(O)cc2)c2cc(F)c(F)cc2c1=O. The molecule has 0 unspecified atom stereocenters. The molecule has 0 aliphatic carbocycles. The average molecular weight is 317 g/mol. The minimum absolute atomic E-state index is 0.0181. The van der Waals surface area contributed by atoms with Gasteiger partial charge in [-0.3, -0.25) is 4.79 Å². The molecule has 1 heterocycles. The highest BCUT2D eigenvalue weighted by Crippen LogP contribution is 2.22. The molecule has 0 amide bonds. The second kappa shape index (κ2) is 5.20. The second-order valence-electron chi connectivity index (χ2n) is 4.85. The fourth-order valence-corrected chi connectivity index (χ4v) is 2.30. The Morgan fingerprint density at radius 2 is 1.65 bits per heavy atom. The van der Waals surface area contributed by atoms with Gasteiger partial charge in [0.15, 0.2) is 11.6 Å². The molecule has 0 saturated carbocycles. The summed E-state index contributed by atoms with van der Waals surface area (Å²) < 4.78 is 28.2. The van der Waals surface area contributed by atoms with Crippen LogP contribution < -0.4 is 5.43 Å². The number of benzene rings is 2. The molecule has 0 spiro atoms. The first kappa shape index (κ1) is 14.7. The van der Waals surface area contributed by atoms with Gasteiger partial charge in [-0.2, -0.15) is 0 Å². The Balaban J connectivity index is 2.46. The van der Waals surface area contributed by atoms with Crippen molar-refractivity contribution >= 4 is 16.9 Å². The molecule has 0 fully saturated rings. The molecule has 0 aliphatic rings. The number of carboxylic acids is 1. The third kappa shape index (κ3) is 2.42. The van der Waals surface area contributed by atoms with Crippen LogP contribution >= 0.6 is 0 Å². The van der Waals surface area contributed by atoms with Crippen LogP contribution in [0.1, 0.15) is 10.4 Å². The van der Waals surface area contributed by atoms with E-state index in [1.807, 2.05) is 0 Å². The van der Waals surface area contributed by atoms with E-state index in [0.717, 1.165) is 12.3 Å². The predicted octanol–water partition coefficient (Wildman–Crippen LogP) is 2.67. The highest BCUT2D eigenvalue weighted by atomic mass is 19.2. The van der Waals surface area contributed by atoms with Gasteiger partial charge in [-0.05, 0) is 30.3 Å². The van der Waals surface area contributed by atoms with Crippen molar-refractivity contribution in [3.8, 4) is 11.4 Å². The number of phenols is 1. The summed E-state index contributed by atoms with van der Waals surface area (Å²) in [6, 6.07) is 7.10. The van der Waals surface area contributed by atoms with Crippen LogP contribution in [0.3, 0.4) is 0 Å². The van der Waals surface area contributed by atoms with Crippen LogP contribution in [-0.2, 0) is 0 Å². The van der Waals surface area contributed by atoms with Crippen molar-refractivity contribution in [3.63, 3.8) is 0 Å². The topological polar surface area (TPSA) is 79.5 Å². The lowest BCUT2D eigenvalue weighted by atomic mass is 10.1. The highest BCUT2D eigenvalue weighted by molar-refractivity contribution is 5.93. The van der Waals surface area contributed by atoms with E-state index < -0.39 is 28.6 Å². The van der Waals surface area contributed by atoms with E-state index in [0.29, 0.717) is 11.8 Å². The molecule has 2 aromatic carbocycles. The molecule has 3 aromatic rings. The number of phenolic OH excluding ortho intramolecular Hbond substituents is 1. The van der Waals surface area contributed by atoms with Gasteiger partial charge >= 0.3 is 5.97 Å². The molecule has 0 saturated heterocycles. The normalized spacial score (nSPS) is 10.9. The lowest BCUT2D eigenvalue weighted by Gasteiger charge is -2.13. The van der Waals surface area contributed by atoms with Crippen molar-refractivity contribution in [2.24, 2.45) is 0 Å². The number of pyridine rings is 1. The van der Waals surface area contributed by atoms with Crippen LogP contribution in [0.5, 0.6) is 5.75 Å². The van der Waals surface area contributed by atoms with Gasteiger partial charge in [0.05, 0.1) is 10.9 Å². The molecule has 0 radical (unpaired) electrons. The Morgan fingerprint density at radius 1 is 1.04 bits per heavy atom. The number of aromatic nitrogens is 1. The standard InChI is InChI=1S/C16H9F2NO4/c17-12-5-10-14(6-13(12)18)19(7-11(15(10)21)16(22)23)8-1-3-9(20)4-2-8/h1-7,20H,(H,22,23). The molecule has 116 valence electrons. The minimum atomic E-state index is -1.48. The van der Waals surface area contributed by atoms with Gasteiger partial charge in [-0.25, -0.2) is 13.6 Å². The van der Waals surface area contributed by atoms with Crippen LogP contribution in [0, 0.1) is 11.6 Å². The van der Waals surface area contributed by atoms with Gasteiger partial charge in [-0.15, -0.1) is 0 Å². The maximum atomic E-state index is 13.6. The average Bonchev–Trinajstić information content (AvgIpc) is 2.50.